The first-order chi connectivity index (χ1) is 7.98. The fraction of sp³-hybridized carbons (Fsp3) is 0.556. The van der Waals surface area contributed by atoms with Crippen LogP contribution in [0.3, 0.4) is 0 Å². The van der Waals surface area contributed by atoms with Crippen molar-refractivity contribution in [2.45, 2.75) is 22.9 Å². The SMILES string of the molecule is FC(F)(F)c1ncnc(SC2CCOC2)c1Br. The Labute approximate surface area is 108 Å². The maximum absolute atomic E-state index is 12.6. The number of ether oxygens (including phenoxy) is 1. The van der Waals surface area contributed by atoms with E-state index >= 15 is 0 Å². The fourth-order valence-electron chi connectivity index (χ4n) is 1.40. The van der Waals surface area contributed by atoms with Crippen molar-refractivity contribution < 1.29 is 17.9 Å². The molecule has 1 atom stereocenters. The molecule has 1 aliphatic heterocycles. The molecule has 0 N–H and O–H groups in total. The molecule has 0 bridgehead atoms. The molecule has 0 radical (unpaired) electrons. The van der Waals surface area contributed by atoms with Gasteiger partial charge in [-0.15, -0.1) is 0 Å². The van der Waals surface area contributed by atoms with Crippen molar-refractivity contribution in [2.75, 3.05) is 13.2 Å². The highest BCUT2D eigenvalue weighted by atomic mass is 79.9. The molecule has 1 saturated heterocycles. The highest BCUT2D eigenvalue weighted by molar-refractivity contribution is 9.10. The summed E-state index contributed by atoms with van der Waals surface area (Å²) in [4.78, 5) is 7.12. The molecule has 1 fully saturated rings. The van der Waals surface area contributed by atoms with Gasteiger partial charge in [0.05, 0.1) is 11.1 Å². The summed E-state index contributed by atoms with van der Waals surface area (Å²) >= 11 is 4.20. The van der Waals surface area contributed by atoms with Crippen molar-refractivity contribution in [3.63, 3.8) is 0 Å². The van der Waals surface area contributed by atoms with E-state index in [-0.39, 0.29) is 9.72 Å². The summed E-state index contributed by atoms with van der Waals surface area (Å²) in [7, 11) is 0. The quantitative estimate of drug-likeness (QED) is 0.781. The highest BCUT2D eigenvalue weighted by Gasteiger charge is 2.36. The predicted octanol–water partition coefficient (Wildman–Crippen LogP) is 3.14. The normalized spacial score (nSPS) is 20.8. The maximum atomic E-state index is 12.6. The summed E-state index contributed by atoms with van der Waals surface area (Å²) in [5.74, 6) is 0. The van der Waals surface area contributed by atoms with E-state index in [0.717, 1.165) is 12.7 Å². The van der Waals surface area contributed by atoms with Crippen molar-refractivity contribution in [1.82, 2.24) is 9.97 Å². The van der Waals surface area contributed by atoms with E-state index in [0.29, 0.717) is 18.2 Å². The molecule has 1 aromatic heterocycles. The van der Waals surface area contributed by atoms with E-state index in [1.54, 1.807) is 0 Å². The highest BCUT2D eigenvalue weighted by Crippen LogP contribution is 2.39. The minimum absolute atomic E-state index is 0.0931. The summed E-state index contributed by atoms with van der Waals surface area (Å²) in [6, 6.07) is 0. The van der Waals surface area contributed by atoms with Crippen LogP contribution in [0.15, 0.2) is 15.8 Å². The summed E-state index contributed by atoms with van der Waals surface area (Å²) < 4.78 is 42.8. The van der Waals surface area contributed by atoms with E-state index in [9.17, 15) is 13.2 Å². The Hall–Kier alpha value is -0.340. The van der Waals surface area contributed by atoms with E-state index in [1.807, 2.05) is 0 Å². The largest absolute Gasteiger partial charge is 0.434 e. The van der Waals surface area contributed by atoms with Gasteiger partial charge in [0.2, 0.25) is 0 Å². The molecule has 2 rings (SSSR count). The van der Waals surface area contributed by atoms with Gasteiger partial charge in [0.25, 0.3) is 0 Å². The molecule has 1 aromatic rings. The predicted molar refractivity (Wildman–Crippen MR) is 59.8 cm³/mol. The Morgan fingerprint density at radius 1 is 1.41 bits per heavy atom. The third-order valence-electron chi connectivity index (χ3n) is 2.19. The second-order valence-corrected chi connectivity index (χ2v) is 5.52. The number of hydrogen-bond acceptors (Lipinski definition) is 4. The van der Waals surface area contributed by atoms with Crippen molar-refractivity contribution >= 4 is 27.7 Å². The number of alkyl halides is 3. The van der Waals surface area contributed by atoms with Gasteiger partial charge in [0, 0.05) is 11.9 Å². The minimum atomic E-state index is -4.47. The Kier molecular flexibility index (Phi) is 3.94. The monoisotopic (exact) mass is 328 g/mol. The zero-order valence-electron chi connectivity index (χ0n) is 8.50. The van der Waals surface area contributed by atoms with Gasteiger partial charge in [-0.2, -0.15) is 13.2 Å². The molecule has 1 aliphatic rings. The van der Waals surface area contributed by atoms with Crippen molar-refractivity contribution in [1.29, 1.82) is 0 Å². The zero-order valence-corrected chi connectivity index (χ0v) is 10.9. The number of thioether (sulfide) groups is 1. The van der Waals surface area contributed by atoms with E-state index in [4.69, 9.17) is 4.74 Å². The summed E-state index contributed by atoms with van der Waals surface area (Å²) in [5.41, 5.74) is -0.936. The first-order valence-electron chi connectivity index (χ1n) is 4.80. The molecular weight excluding hydrogens is 321 g/mol. The summed E-state index contributed by atoms with van der Waals surface area (Å²) in [5, 5.41) is 0.463. The molecule has 0 saturated carbocycles. The lowest BCUT2D eigenvalue weighted by Gasteiger charge is -2.12. The molecule has 0 aliphatic carbocycles. The number of nitrogens with zero attached hydrogens (tertiary/aromatic N) is 2. The second kappa shape index (κ2) is 5.11. The molecule has 2 heterocycles. The molecule has 17 heavy (non-hydrogen) atoms. The van der Waals surface area contributed by atoms with Crippen LogP contribution < -0.4 is 0 Å². The lowest BCUT2D eigenvalue weighted by Crippen LogP contribution is -2.11. The van der Waals surface area contributed by atoms with Crippen LogP contribution in [0.2, 0.25) is 0 Å². The van der Waals surface area contributed by atoms with E-state index < -0.39 is 11.9 Å². The van der Waals surface area contributed by atoms with Crippen LogP contribution >= 0.6 is 27.7 Å². The van der Waals surface area contributed by atoms with Gasteiger partial charge in [0.1, 0.15) is 11.4 Å². The summed E-state index contributed by atoms with van der Waals surface area (Å²) in [6.07, 6.45) is -2.71. The lowest BCUT2D eigenvalue weighted by atomic mass is 10.4. The first-order valence-corrected chi connectivity index (χ1v) is 6.48. The zero-order chi connectivity index (χ0) is 12.5. The van der Waals surface area contributed by atoms with E-state index in [1.165, 1.54) is 11.8 Å². The molecule has 0 aromatic carbocycles. The van der Waals surface area contributed by atoms with Crippen molar-refractivity contribution in [3.8, 4) is 0 Å². The van der Waals surface area contributed by atoms with Gasteiger partial charge in [0.15, 0.2) is 5.69 Å². The van der Waals surface area contributed by atoms with E-state index in [2.05, 4.69) is 25.9 Å². The number of aromatic nitrogens is 2. The van der Waals surface area contributed by atoms with Gasteiger partial charge in [-0.3, -0.25) is 0 Å². The molecule has 8 heteroatoms. The van der Waals surface area contributed by atoms with Crippen LogP contribution in [0.4, 0.5) is 13.2 Å². The van der Waals surface area contributed by atoms with Crippen LogP contribution in [0.5, 0.6) is 0 Å². The first kappa shape index (κ1) is 13.1. The van der Waals surface area contributed by atoms with Crippen LogP contribution in [0, 0.1) is 0 Å². The van der Waals surface area contributed by atoms with Crippen LogP contribution in [-0.4, -0.2) is 28.4 Å². The Balaban J connectivity index is 2.22. The van der Waals surface area contributed by atoms with Gasteiger partial charge in [-0.1, -0.05) is 11.8 Å². The average molecular weight is 329 g/mol. The van der Waals surface area contributed by atoms with Crippen LogP contribution in [-0.2, 0) is 10.9 Å². The minimum Gasteiger partial charge on any atom is -0.380 e. The Morgan fingerprint density at radius 3 is 2.76 bits per heavy atom. The molecule has 3 nitrogen and oxygen atoms in total. The third kappa shape index (κ3) is 3.11. The van der Waals surface area contributed by atoms with Gasteiger partial charge in [-0.25, -0.2) is 9.97 Å². The number of rotatable bonds is 2. The maximum Gasteiger partial charge on any atom is 0.434 e. The molecule has 0 amide bonds. The number of hydrogen-bond donors (Lipinski definition) is 0. The van der Waals surface area contributed by atoms with Crippen molar-refractivity contribution in [2.24, 2.45) is 0 Å². The standard InChI is InChI=1S/C9H8BrF3N2OS/c10-6-7(9(11,12)13)14-4-15-8(6)17-5-1-2-16-3-5/h4-5H,1-3H2. The molecule has 1 unspecified atom stereocenters. The van der Waals surface area contributed by atoms with Crippen molar-refractivity contribution in [3.05, 3.63) is 16.5 Å². The van der Waals surface area contributed by atoms with Gasteiger partial charge >= 0.3 is 6.18 Å². The Morgan fingerprint density at radius 2 is 2.18 bits per heavy atom. The molecule has 0 spiro atoms. The van der Waals surface area contributed by atoms with Crippen LogP contribution in [0.1, 0.15) is 12.1 Å². The second-order valence-electron chi connectivity index (χ2n) is 3.44. The lowest BCUT2D eigenvalue weighted by molar-refractivity contribution is -0.142. The number of halogens is 4. The smallest absolute Gasteiger partial charge is 0.380 e. The average Bonchev–Trinajstić information content (AvgIpc) is 2.72. The summed E-state index contributed by atoms with van der Waals surface area (Å²) in [6.45, 7) is 1.19. The van der Waals surface area contributed by atoms with Gasteiger partial charge in [-0.05, 0) is 22.4 Å². The topological polar surface area (TPSA) is 35.0 Å². The molecule has 94 valence electrons. The molecular formula is C9H8BrF3N2OS. The fourth-order valence-corrected chi connectivity index (χ4v) is 3.11. The third-order valence-corrected chi connectivity index (χ3v) is 4.44. The Bertz CT molecular complexity index is 410. The van der Waals surface area contributed by atoms with Gasteiger partial charge < -0.3 is 4.74 Å². The van der Waals surface area contributed by atoms with Crippen LogP contribution in [0.25, 0.3) is 0 Å².